The molecule has 0 saturated carbocycles. The smallest absolute Gasteiger partial charge is 0.292 e. The quantitative estimate of drug-likeness (QED) is 0.327. The molecule has 6 rings (SSSR count). The number of aromatic nitrogens is 6. The molecule has 5 heterocycles. The summed E-state index contributed by atoms with van der Waals surface area (Å²) < 4.78 is 11.1. The lowest BCUT2D eigenvalue weighted by molar-refractivity contribution is -0.126. The first-order valence-corrected chi connectivity index (χ1v) is 11.8. The van der Waals surface area contributed by atoms with E-state index in [0.29, 0.717) is 35.2 Å². The normalized spacial score (nSPS) is 13.4. The number of H-pyrrole nitrogens is 1. The van der Waals surface area contributed by atoms with Crippen molar-refractivity contribution >= 4 is 23.7 Å². The van der Waals surface area contributed by atoms with E-state index >= 15 is 0 Å². The minimum absolute atomic E-state index is 0.256. The fourth-order valence-corrected chi connectivity index (χ4v) is 4.19. The van der Waals surface area contributed by atoms with E-state index in [1.165, 1.54) is 7.11 Å². The largest absolute Gasteiger partial charge is 0.471 e. The van der Waals surface area contributed by atoms with Crippen molar-refractivity contribution in [3.63, 3.8) is 0 Å². The highest BCUT2D eigenvalue weighted by atomic mass is 16.5. The lowest BCUT2D eigenvalue weighted by Crippen LogP contribution is -2.41. The number of aryl methyl sites for hydroxylation is 1. The molecule has 1 aliphatic rings. The van der Waals surface area contributed by atoms with Crippen LogP contribution < -0.4 is 5.32 Å². The average molecular weight is 515 g/mol. The highest BCUT2D eigenvalue weighted by molar-refractivity contribution is 6.04. The van der Waals surface area contributed by atoms with Crippen LogP contribution in [0.4, 0.5) is 5.69 Å². The summed E-state index contributed by atoms with van der Waals surface area (Å²) in [7, 11) is 3.37. The Morgan fingerprint density at radius 2 is 2.03 bits per heavy atom. The minimum Gasteiger partial charge on any atom is -0.471 e. The predicted molar refractivity (Wildman–Crippen MR) is 139 cm³/mol. The average Bonchev–Trinajstić information content (AvgIpc) is 3.69. The topological polar surface area (TPSA) is 144 Å². The van der Waals surface area contributed by atoms with Gasteiger partial charge in [0.25, 0.3) is 12.4 Å². The Labute approximate surface area is 217 Å². The number of benzene rings is 1. The summed E-state index contributed by atoms with van der Waals surface area (Å²) in [6, 6.07) is 11.4. The highest BCUT2D eigenvalue weighted by Gasteiger charge is 2.30. The van der Waals surface area contributed by atoms with Gasteiger partial charge in [0.05, 0.1) is 24.9 Å². The zero-order valence-electron chi connectivity index (χ0n) is 21.1. The van der Waals surface area contributed by atoms with E-state index in [0.717, 1.165) is 35.5 Å². The number of hydrogen-bond donors (Lipinski definition) is 2. The minimum atomic E-state index is -0.256. The van der Waals surface area contributed by atoms with Crippen molar-refractivity contribution in [3.8, 4) is 22.6 Å². The first-order chi connectivity index (χ1) is 18.5. The number of carbonyl (C=O) groups is 2. The summed E-state index contributed by atoms with van der Waals surface area (Å²) in [6.07, 6.45) is 5.10. The maximum atomic E-state index is 13.1. The Morgan fingerprint density at radius 1 is 1.21 bits per heavy atom. The fourth-order valence-electron chi connectivity index (χ4n) is 4.19. The van der Waals surface area contributed by atoms with Gasteiger partial charge < -0.3 is 19.5 Å². The monoisotopic (exact) mass is 514 g/mol. The molecule has 0 aliphatic carbocycles. The molecular weight excluding hydrogens is 488 g/mol. The van der Waals surface area contributed by atoms with Crippen molar-refractivity contribution in [3.05, 3.63) is 72.1 Å². The Hall–Kier alpha value is -4.84. The number of methoxy groups -OCH3 is 1. The first-order valence-electron chi connectivity index (χ1n) is 11.8. The molecule has 1 fully saturated rings. The third-order valence-electron chi connectivity index (χ3n) is 6.25. The standard InChI is InChI=1S/C24H22N8O2.C2H4O2/c1-14-3-4-16(22-28-24(34-30-22)17-12-31(2)13-17)9-19(14)27-23(33)20-11-25-21-10-15(6-8-32(20)21)18-5-7-26-29-18;1-4-2-3/h3-11,17H,12-13H2,1-2H3,(H,26,29)(H,27,33);2H,1H3. The number of likely N-dealkylation sites (N-methyl/N-ethyl adjacent to an activating group) is 1. The summed E-state index contributed by atoms with van der Waals surface area (Å²) in [5.41, 5.74) is 5.33. The van der Waals surface area contributed by atoms with Crippen LogP contribution in [0, 0.1) is 6.92 Å². The number of pyridine rings is 1. The van der Waals surface area contributed by atoms with Crippen LogP contribution in [-0.4, -0.2) is 74.2 Å². The summed E-state index contributed by atoms with van der Waals surface area (Å²) in [5.74, 6) is 1.19. The van der Waals surface area contributed by atoms with Crippen LogP contribution in [-0.2, 0) is 9.53 Å². The molecule has 1 aromatic carbocycles. The van der Waals surface area contributed by atoms with Gasteiger partial charge in [-0.05, 0) is 43.8 Å². The summed E-state index contributed by atoms with van der Waals surface area (Å²) in [6.45, 7) is 4.15. The number of likely N-dealkylation sites (tertiary alicyclic amines) is 1. The van der Waals surface area contributed by atoms with E-state index in [2.05, 4.69) is 47.3 Å². The Balaban J connectivity index is 0.000000689. The van der Waals surface area contributed by atoms with Gasteiger partial charge in [0, 0.05) is 42.3 Å². The number of nitrogens with one attached hydrogen (secondary N) is 2. The van der Waals surface area contributed by atoms with Crippen molar-refractivity contribution in [2.24, 2.45) is 0 Å². The first kappa shape index (κ1) is 24.8. The molecule has 4 aromatic heterocycles. The van der Waals surface area contributed by atoms with Gasteiger partial charge in [0.2, 0.25) is 11.7 Å². The predicted octanol–water partition coefficient (Wildman–Crippen LogP) is 3.15. The van der Waals surface area contributed by atoms with Gasteiger partial charge >= 0.3 is 0 Å². The van der Waals surface area contributed by atoms with Gasteiger partial charge in [0.1, 0.15) is 11.3 Å². The molecule has 5 aromatic rings. The maximum absolute atomic E-state index is 13.1. The number of amides is 1. The van der Waals surface area contributed by atoms with Crippen molar-refractivity contribution < 1.29 is 18.8 Å². The fraction of sp³-hybridized carbons (Fsp3) is 0.231. The van der Waals surface area contributed by atoms with Crippen molar-refractivity contribution in [1.29, 1.82) is 0 Å². The third-order valence-corrected chi connectivity index (χ3v) is 6.25. The van der Waals surface area contributed by atoms with Crippen LogP contribution in [0.1, 0.15) is 27.9 Å². The van der Waals surface area contributed by atoms with Crippen LogP contribution in [0.25, 0.3) is 28.3 Å². The van der Waals surface area contributed by atoms with Crippen molar-refractivity contribution in [1.82, 2.24) is 34.6 Å². The second-order valence-electron chi connectivity index (χ2n) is 8.95. The molecule has 1 aliphatic heterocycles. The van der Waals surface area contributed by atoms with Crippen LogP contribution in [0.5, 0.6) is 0 Å². The maximum Gasteiger partial charge on any atom is 0.292 e. The van der Waals surface area contributed by atoms with E-state index < -0.39 is 0 Å². The van der Waals surface area contributed by atoms with Crippen molar-refractivity contribution in [2.75, 3.05) is 32.6 Å². The zero-order valence-corrected chi connectivity index (χ0v) is 21.1. The number of ether oxygens (including phenoxy) is 1. The number of anilines is 1. The Bertz CT molecular complexity index is 1570. The van der Waals surface area contributed by atoms with Crippen LogP contribution in [0.2, 0.25) is 0 Å². The second kappa shape index (κ2) is 10.6. The Morgan fingerprint density at radius 3 is 2.74 bits per heavy atom. The van der Waals surface area contributed by atoms with Crippen molar-refractivity contribution in [2.45, 2.75) is 12.8 Å². The van der Waals surface area contributed by atoms with E-state index in [9.17, 15) is 4.79 Å². The molecule has 0 spiro atoms. The van der Waals surface area contributed by atoms with E-state index in [1.54, 1.807) is 16.8 Å². The number of fused-ring (bicyclic) bond motifs is 1. The number of aromatic amines is 1. The molecule has 2 N–H and O–H groups in total. The Kier molecular flexibility index (Phi) is 6.96. The summed E-state index contributed by atoms with van der Waals surface area (Å²) >= 11 is 0. The number of rotatable bonds is 6. The molecule has 1 amide bonds. The van der Waals surface area contributed by atoms with Gasteiger partial charge in [-0.3, -0.25) is 19.1 Å². The van der Waals surface area contributed by atoms with E-state index in [-0.39, 0.29) is 11.8 Å². The highest BCUT2D eigenvalue weighted by Crippen LogP contribution is 2.28. The van der Waals surface area contributed by atoms with Gasteiger partial charge in [-0.1, -0.05) is 17.3 Å². The lowest BCUT2D eigenvalue weighted by Gasteiger charge is -2.33. The molecule has 0 atom stereocenters. The second-order valence-corrected chi connectivity index (χ2v) is 8.95. The molecule has 1 saturated heterocycles. The molecule has 12 heteroatoms. The van der Waals surface area contributed by atoms with Gasteiger partial charge in [-0.25, -0.2) is 4.98 Å². The summed E-state index contributed by atoms with van der Waals surface area (Å²) in [5, 5.41) is 14.1. The number of imidazole rings is 1. The molecular formula is C26H26N8O4. The van der Waals surface area contributed by atoms with Gasteiger partial charge in [-0.2, -0.15) is 10.1 Å². The van der Waals surface area contributed by atoms with E-state index in [1.807, 2.05) is 49.5 Å². The number of carbonyl (C=O) groups excluding carboxylic acids is 2. The lowest BCUT2D eigenvalue weighted by atomic mass is 10.0. The van der Waals surface area contributed by atoms with E-state index in [4.69, 9.17) is 9.32 Å². The number of hydrogen-bond acceptors (Lipinski definition) is 9. The third kappa shape index (κ3) is 5.02. The molecule has 38 heavy (non-hydrogen) atoms. The van der Waals surface area contributed by atoms with Crippen LogP contribution >= 0.6 is 0 Å². The summed E-state index contributed by atoms with van der Waals surface area (Å²) in [4.78, 5) is 33.3. The zero-order chi connectivity index (χ0) is 26.6. The molecule has 194 valence electrons. The SMILES string of the molecule is COC=O.Cc1ccc(-c2noc(C3CN(C)C3)n2)cc1NC(=O)c1cnc2cc(-c3ccn[nH]3)ccn12. The molecule has 0 unspecified atom stereocenters. The molecule has 0 radical (unpaired) electrons. The van der Waals surface area contributed by atoms with Crippen LogP contribution in [0.15, 0.2) is 59.5 Å². The molecule has 12 nitrogen and oxygen atoms in total. The number of nitrogens with zero attached hydrogens (tertiary/aromatic N) is 6. The van der Waals surface area contributed by atoms with Gasteiger partial charge in [0.15, 0.2) is 0 Å². The molecule has 0 bridgehead atoms. The van der Waals surface area contributed by atoms with Gasteiger partial charge in [-0.15, -0.1) is 0 Å². The van der Waals surface area contributed by atoms with Crippen LogP contribution in [0.3, 0.4) is 0 Å².